The van der Waals surface area contributed by atoms with Crippen molar-refractivity contribution >= 4 is 30.4 Å². The Morgan fingerprint density at radius 2 is 1.86 bits per heavy atom. The first kappa shape index (κ1) is 24.5. The molecule has 2 aromatic rings. The van der Waals surface area contributed by atoms with Gasteiger partial charge in [0.1, 0.15) is 6.61 Å². The fraction of sp³-hybridized carbons (Fsp3) is 0.333. The number of esters is 1. The number of hydrogen-bond donors (Lipinski definition) is 0. The lowest BCUT2D eigenvalue weighted by molar-refractivity contribution is -0.137. The van der Waals surface area contributed by atoms with E-state index in [-0.39, 0.29) is 24.6 Å². The van der Waals surface area contributed by atoms with Crippen LogP contribution in [0.25, 0.3) is 0 Å². The van der Waals surface area contributed by atoms with E-state index >= 15 is 0 Å². The third kappa shape index (κ3) is 6.49. The fourth-order valence-corrected chi connectivity index (χ4v) is 2.47. The van der Waals surface area contributed by atoms with Gasteiger partial charge in [0, 0.05) is 13.6 Å². The fourth-order valence-electron chi connectivity index (χ4n) is 2.47. The molecule has 0 amide bonds. The van der Waals surface area contributed by atoms with E-state index in [0.717, 1.165) is 35.5 Å². The Bertz CT molecular complexity index is 883. The Morgan fingerprint density at radius 1 is 1.17 bits per heavy atom. The molecule has 8 heteroatoms. The van der Waals surface area contributed by atoms with Crippen LogP contribution in [0.3, 0.4) is 0 Å². The van der Waals surface area contributed by atoms with Crippen LogP contribution in [0.2, 0.25) is 0 Å². The van der Waals surface area contributed by atoms with Crippen LogP contribution in [0.15, 0.2) is 41.4 Å². The Kier molecular flexibility index (Phi) is 8.70. The predicted molar refractivity (Wildman–Crippen MR) is 110 cm³/mol. The van der Waals surface area contributed by atoms with Crippen molar-refractivity contribution in [1.82, 2.24) is 4.90 Å². The van der Waals surface area contributed by atoms with Gasteiger partial charge in [-0.15, -0.1) is 12.4 Å². The van der Waals surface area contributed by atoms with Crippen LogP contribution >= 0.6 is 12.4 Å². The standard InChI is InChI=1S/C21H23F3N2O2.ClH/c1-5-26(4)13-25-19-10-9-18(14(2)15(19)3)20(27)28-12-16-7-6-8-17(11-16)21(22,23)24;/h6-11,13H,5,12H2,1-4H3;1H. The minimum Gasteiger partial charge on any atom is -0.457 e. The molecule has 0 atom stereocenters. The second-order valence-corrected chi connectivity index (χ2v) is 6.47. The van der Waals surface area contributed by atoms with Crippen molar-refractivity contribution in [1.29, 1.82) is 0 Å². The van der Waals surface area contributed by atoms with Crippen molar-refractivity contribution < 1.29 is 22.7 Å². The lowest BCUT2D eigenvalue weighted by Crippen LogP contribution is -2.14. The second kappa shape index (κ2) is 10.3. The highest BCUT2D eigenvalue weighted by molar-refractivity contribution is 5.92. The highest BCUT2D eigenvalue weighted by Gasteiger charge is 2.30. The van der Waals surface area contributed by atoms with Crippen LogP contribution in [0.1, 0.15) is 39.5 Å². The molecule has 0 saturated heterocycles. The summed E-state index contributed by atoms with van der Waals surface area (Å²) < 4.78 is 43.6. The van der Waals surface area contributed by atoms with Crippen LogP contribution in [0, 0.1) is 13.8 Å². The molecule has 0 N–H and O–H groups in total. The molecule has 2 rings (SSSR count). The number of carbonyl (C=O) groups excluding carboxylic acids is 1. The van der Waals surface area contributed by atoms with Crippen molar-refractivity contribution in [3.63, 3.8) is 0 Å². The smallest absolute Gasteiger partial charge is 0.416 e. The number of nitrogens with zero attached hydrogens (tertiary/aromatic N) is 2. The minimum absolute atomic E-state index is 0. The lowest BCUT2D eigenvalue weighted by atomic mass is 10.0. The first-order valence-corrected chi connectivity index (χ1v) is 8.81. The summed E-state index contributed by atoms with van der Waals surface area (Å²) in [5, 5.41) is 0. The predicted octanol–water partition coefficient (Wildman–Crippen LogP) is 5.71. The van der Waals surface area contributed by atoms with Gasteiger partial charge in [0.15, 0.2) is 0 Å². The molecule has 0 radical (unpaired) electrons. The maximum Gasteiger partial charge on any atom is 0.416 e. The summed E-state index contributed by atoms with van der Waals surface area (Å²) in [5.74, 6) is -0.584. The van der Waals surface area contributed by atoms with Gasteiger partial charge < -0.3 is 9.64 Å². The topological polar surface area (TPSA) is 41.9 Å². The van der Waals surface area contributed by atoms with E-state index < -0.39 is 17.7 Å². The third-order valence-corrected chi connectivity index (χ3v) is 4.50. The molecule has 0 bridgehead atoms. The number of ether oxygens (including phenoxy) is 1. The molecule has 0 aliphatic carbocycles. The van der Waals surface area contributed by atoms with Gasteiger partial charge in [0.25, 0.3) is 0 Å². The zero-order valence-electron chi connectivity index (χ0n) is 16.7. The summed E-state index contributed by atoms with van der Waals surface area (Å²) in [7, 11) is 1.91. The van der Waals surface area contributed by atoms with Crippen molar-refractivity contribution in [3.8, 4) is 0 Å². The van der Waals surface area contributed by atoms with E-state index in [9.17, 15) is 18.0 Å². The molecular formula is C21H24ClF3N2O2. The molecule has 0 unspecified atom stereocenters. The molecule has 0 aromatic heterocycles. The summed E-state index contributed by atoms with van der Waals surface area (Å²) >= 11 is 0. The average molecular weight is 429 g/mol. The Morgan fingerprint density at radius 3 is 2.48 bits per heavy atom. The molecule has 0 saturated carbocycles. The van der Waals surface area contributed by atoms with Crippen LogP contribution in [-0.4, -0.2) is 30.8 Å². The van der Waals surface area contributed by atoms with Crippen molar-refractivity contribution in [2.24, 2.45) is 4.99 Å². The molecule has 0 aliphatic rings. The third-order valence-electron chi connectivity index (χ3n) is 4.50. The van der Waals surface area contributed by atoms with Crippen molar-refractivity contribution in [2.75, 3.05) is 13.6 Å². The van der Waals surface area contributed by atoms with Gasteiger partial charge in [-0.25, -0.2) is 9.79 Å². The first-order valence-electron chi connectivity index (χ1n) is 8.81. The molecule has 2 aromatic carbocycles. The van der Waals surface area contributed by atoms with E-state index in [0.29, 0.717) is 5.56 Å². The van der Waals surface area contributed by atoms with Crippen molar-refractivity contribution in [2.45, 2.75) is 33.6 Å². The van der Waals surface area contributed by atoms with Gasteiger partial charge in [-0.05, 0) is 61.7 Å². The van der Waals surface area contributed by atoms with Crippen molar-refractivity contribution in [3.05, 3.63) is 64.2 Å². The van der Waals surface area contributed by atoms with Gasteiger partial charge in [-0.3, -0.25) is 0 Å². The summed E-state index contributed by atoms with van der Waals surface area (Å²) in [6, 6.07) is 8.09. The molecule has 0 aliphatic heterocycles. The summed E-state index contributed by atoms with van der Waals surface area (Å²) in [4.78, 5) is 18.7. The maximum atomic E-state index is 12.8. The van der Waals surface area contributed by atoms with E-state index in [4.69, 9.17) is 4.74 Å². The normalized spacial score (nSPS) is 11.3. The number of rotatable bonds is 6. The summed E-state index contributed by atoms with van der Waals surface area (Å²) in [5.41, 5.74) is 2.19. The molecular weight excluding hydrogens is 405 g/mol. The maximum absolute atomic E-state index is 12.8. The lowest BCUT2D eigenvalue weighted by Gasteiger charge is -2.13. The highest BCUT2D eigenvalue weighted by Crippen LogP contribution is 2.30. The van der Waals surface area contributed by atoms with E-state index in [1.54, 1.807) is 25.4 Å². The molecule has 158 valence electrons. The van der Waals surface area contributed by atoms with Gasteiger partial charge >= 0.3 is 12.1 Å². The summed E-state index contributed by atoms with van der Waals surface area (Å²) in [6.07, 6.45) is -2.72. The van der Waals surface area contributed by atoms with Crippen LogP contribution < -0.4 is 0 Å². The number of aliphatic imine (C=N–C) groups is 1. The number of benzene rings is 2. The first-order chi connectivity index (χ1) is 13.1. The Labute approximate surface area is 174 Å². The molecule has 29 heavy (non-hydrogen) atoms. The van der Waals surface area contributed by atoms with Crippen LogP contribution in [0.5, 0.6) is 0 Å². The number of hydrogen-bond acceptors (Lipinski definition) is 3. The minimum atomic E-state index is -4.43. The molecule has 0 fully saturated rings. The van der Waals surface area contributed by atoms with E-state index in [2.05, 4.69) is 4.99 Å². The number of carbonyl (C=O) groups is 1. The van der Waals surface area contributed by atoms with Gasteiger partial charge in [-0.2, -0.15) is 13.2 Å². The molecule has 4 nitrogen and oxygen atoms in total. The molecule has 0 spiro atoms. The summed E-state index contributed by atoms with van der Waals surface area (Å²) in [6.45, 7) is 6.24. The zero-order valence-corrected chi connectivity index (χ0v) is 17.5. The molecule has 0 heterocycles. The SMILES string of the molecule is CCN(C)C=Nc1ccc(C(=O)OCc2cccc(C(F)(F)F)c2)c(C)c1C.Cl. The number of halogens is 4. The van der Waals surface area contributed by atoms with Crippen LogP contribution in [0.4, 0.5) is 18.9 Å². The largest absolute Gasteiger partial charge is 0.457 e. The zero-order chi connectivity index (χ0) is 20.9. The van der Waals surface area contributed by atoms with E-state index in [1.165, 1.54) is 12.1 Å². The Balaban J connectivity index is 0.00000420. The monoisotopic (exact) mass is 428 g/mol. The second-order valence-electron chi connectivity index (χ2n) is 6.47. The average Bonchev–Trinajstić information content (AvgIpc) is 2.66. The van der Waals surface area contributed by atoms with Crippen LogP contribution in [-0.2, 0) is 17.5 Å². The highest BCUT2D eigenvalue weighted by atomic mass is 35.5. The number of alkyl halides is 3. The van der Waals surface area contributed by atoms with E-state index in [1.807, 2.05) is 25.8 Å². The quantitative estimate of drug-likeness (QED) is 0.336. The van der Waals surface area contributed by atoms with Gasteiger partial charge in [0.05, 0.1) is 23.2 Å². The Hall–Kier alpha value is -2.54. The van der Waals surface area contributed by atoms with Gasteiger partial charge in [-0.1, -0.05) is 12.1 Å². The van der Waals surface area contributed by atoms with Gasteiger partial charge in [0.2, 0.25) is 0 Å².